The van der Waals surface area contributed by atoms with Crippen molar-refractivity contribution < 1.29 is 24.4 Å². The molecule has 384 valence electrons. The highest BCUT2D eigenvalue weighted by atomic mass is 16.5. The summed E-state index contributed by atoms with van der Waals surface area (Å²) in [7, 11) is 0. The number of allylic oxidation sites excluding steroid dienone is 6. The van der Waals surface area contributed by atoms with Crippen LogP contribution in [0.25, 0.3) is 0 Å². The minimum atomic E-state index is -0.177. The van der Waals surface area contributed by atoms with E-state index in [9.17, 15) is 10.2 Å². The zero-order chi connectivity index (χ0) is 50.8. The lowest BCUT2D eigenvalue weighted by molar-refractivity contribution is 0.00830. The fourth-order valence-corrected chi connectivity index (χ4v) is 13.3. The van der Waals surface area contributed by atoms with E-state index in [2.05, 4.69) is 145 Å². The van der Waals surface area contributed by atoms with E-state index in [-0.39, 0.29) is 34.1 Å². The van der Waals surface area contributed by atoms with E-state index >= 15 is 0 Å². The predicted octanol–water partition coefficient (Wildman–Crippen LogP) is 18.2. The number of aryl methyl sites for hydroxylation is 2. The minimum Gasteiger partial charge on any atom is -0.507 e. The van der Waals surface area contributed by atoms with Gasteiger partial charge in [0.05, 0.1) is 0 Å². The number of phenols is 2. The van der Waals surface area contributed by atoms with Gasteiger partial charge in [-0.05, 0) is 190 Å². The minimum absolute atomic E-state index is 0.0846. The van der Waals surface area contributed by atoms with Gasteiger partial charge in [-0.2, -0.15) is 0 Å². The van der Waals surface area contributed by atoms with Gasteiger partial charge in [0.15, 0.2) is 0 Å². The molecule has 0 saturated heterocycles. The second-order valence-corrected chi connectivity index (χ2v) is 24.9. The Morgan fingerprint density at radius 2 is 1.09 bits per heavy atom. The third kappa shape index (κ3) is 11.9. The van der Waals surface area contributed by atoms with Crippen LogP contribution in [0.2, 0.25) is 0 Å². The molecule has 0 spiro atoms. The summed E-state index contributed by atoms with van der Waals surface area (Å²) in [6, 6.07) is 15.3. The first-order valence-electron chi connectivity index (χ1n) is 28.0. The average Bonchev–Trinajstić information content (AvgIpc) is 3.27. The zero-order valence-corrected chi connectivity index (χ0v) is 46.4. The number of hydrogen-bond donors (Lipinski definition) is 2. The molecule has 0 unspecified atom stereocenters. The fourth-order valence-electron chi connectivity index (χ4n) is 13.3. The van der Waals surface area contributed by atoms with E-state index in [1.54, 1.807) is 0 Å². The van der Waals surface area contributed by atoms with Crippen molar-refractivity contribution in [1.82, 2.24) is 0 Å². The first-order valence-corrected chi connectivity index (χ1v) is 28.0. The quantitative estimate of drug-likeness (QED) is 0.140. The molecule has 6 aliphatic rings. The Kier molecular flexibility index (Phi) is 16.8. The molecule has 3 aliphatic carbocycles. The average molecular weight is 955 g/mol. The lowest BCUT2D eigenvalue weighted by Gasteiger charge is -2.47. The van der Waals surface area contributed by atoms with E-state index in [1.165, 1.54) is 96.8 Å². The van der Waals surface area contributed by atoms with Crippen LogP contribution in [0.5, 0.6) is 28.7 Å². The Morgan fingerprint density at radius 1 is 0.571 bits per heavy atom. The Bertz CT molecular complexity index is 2390. The lowest BCUT2D eigenvalue weighted by Crippen LogP contribution is -2.45. The summed E-state index contributed by atoms with van der Waals surface area (Å²) in [4.78, 5) is 0. The van der Waals surface area contributed by atoms with Crippen molar-refractivity contribution >= 4 is 0 Å². The molecule has 70 heavy (non-hydrogen) atoms. The molecule has 3 heterocycles. The van der Waals surface area contributed by atoms with Crippen LogP contribution < -0.4 is 14.2 Å². The molecule has 5 nitrogen and oxygen atoms in total. The van der Waals surface area contributed by atoms with Crippen molar-refractivity contribution in [2.45, 2.75) is 246 Å². The summed E-state index contributed by atoms with van der Waals surface area (Å²) in [6.45, 7) is 31.5. The summed E-state index contributed by atoms with van der Waals surface area (Å²) in [6.07, 6.45) is 27.3. The number of fused-ring (bicyclic) bond motifs is 9. The normalized spacial score (nSPS) is 25.2. The molecule has 0 amide bonds. The van der Waals surface area contributed by atoms with Gasteiger partial charge in [-0.1, -0.05) is 127 Å². The molecule has 5 heteroatoms. The van der Waals surface area contributed by atoms with Crippen LogP contribution >= 0.6 is 0 Å². The molecule has 0 aromatic heterocycles. The summed E-state index contributed by atoms with van der Waals surface area (Å²) in [5, 5.41) is 21.2. The van der Waals surface area contributed by atoms with Gasteiger partial charge >= 0.3 is 0 Å². The van der Waals surface area contributed by atoms with Gasteiger partial charge in [0.25, 0.3) is 0 Å². The van der Waals surface area contributed by atoms with Gasteiger partial charge in [0, 0.05) is 40.7 Å². The molecule has 3 aliphatic heterocycles. The van der Waals surface area contributed by atoms with Crippen LogP contribution in [0.15, 0.2) is 77.4 Å². The van der Waals surface area contributed by atoms with Crippen LogP contribution in [0.3, 0.4) is 0 Å². The molecule has 0 radical (unpaired) electrons. The summed E-state index contributed by atoms with van der Waals surface area (Å²) in [5.74, 6) is 6.41. The maximum Gasteiger partial charge on any atom is 0.127 e. The van der Waals surface area contributed by atoms with E-state index < -0.39 is 0 Å². The summed E-state index contributed by atoms with van der Waals surface area (Å²) < 4.78 is 19.2. The Labute approximate surface area is 426 Å². The summed E-state index contributed by atoms with van der Waals surface area (Å²) >= 11 is 0. The van der Waals surface area contributed by atoms with Crippen molar-refractivity contribution in [3.05, 3.63) is 111 Å². The van der Waals surface area contributed by atoms with E-state index in [4.69, 9.17) is 14.2 Å². The van der Waals surface area contributed by atoms with Crippen LogP contribution in [-0.2, 0) is 18.3 Å². The monoisotopic (exact) mass is 955 g/mol. The van der Waals surface area contributed by atoms with E-state index in [0.29, 0.717) is 35.2 Å². The first-order chi connectivity index (χ1) is 33.1. The van der Waals surface area contributed by atoms with Crippen molar-refractivity contribution in [2.24, 2.45) is 17.8 Å². The number of hydrogen-bond acceptors (Lipinski definition) is 5. The molecule has 0 bridgehead atoms. The molecule has 0 saturated carbocycles. The van der Waals surface area contributed by atoms with Gasteiger partial charge in [-0.3, -0.25) is 0 Å². The predicted molar refractivity (Wildman–Crippen MR) is 293 cm³/mol. The number of phenolic OH excluding ortho intramolecular Hbond substituents is 2. The topological polar surface area (TPSA) is 68.2 Å². The van der Waals surface area contributed by atoms with Crippen LogP contribution in [0, 0.1) is 17.8 Å². The highest BCUT2D eigenvalue weighted by molar-refractivity contribution is 5.55. The maximum absolute atomic E-state index is 10.7. The Hall–Kier alpha value is -4.12. The van der Waals surface area contributed by atoms with Gasteiger partial charge < -0.3 is 24.4 Å². The molecular weight excluding hydrogens is 861 g/mol. The van der Waals surface area contributed by atoms with Crippen molar-refractivity contribution in [3.8, 4) is 28.7 Å². The largest absolute Gasteiger partial charge is 0.507 e. The molecular formula is C65H94O5. The lowest BCUT2D eigenvalue weighted by atomic mass is 9.67. The third-order valence-corrected chi connectivity index (χ3v) is 17.5. The van der Waals surface area contributed by atoms with Gasteiger partial charge in [0.1, 0.15) is 45.6 Å². The SMILES string of the molecule is CCCCCCC(C)(C)c1ccc2c(c1)OC(C)(C)[C@H]1CC=C(C)C[C@H]21.CCCCCc1cc(O)c2c(c1)OC(C)(C)[C@H]1CCC(C)=C[C@H]21.CCCc1cc(O)c2c(c1)OC(C)(C)[C@@H]1CCC(C)=C[C@@H]21. The molecule has 9 rings (SSSR count). The second-order valence-electron chi connectivity index (χ2n) is 24.9. The number of rotatable bonds is 12. The van der Waals surface area contributed by atoms with E-state index in [1.807, 2.05) is 12.1 Å². The third-order valence-electron chi connectivity index (χ3n) is 17.5. The zero-order valence-electron chi connectivity index (χ0n) is 46.4. The van der Waals surface area contributed by atoms with Crippen molar-refractivity contribution in [2.75, 3.05) is 0 Å². The number of unbranched alkanes of at least 4 members (excludes halogenated alkanes) is 5. The maximum atomic E-state index is 10.7. The molecule has 3 aromatic carbocycles. The summed E-state index contributed by atoms with van der Waals surface area (Å²) in [5.41, 5.74) is 11.4. The highest BCUT2D eigenvalue weighted by Gasteiger charge is 2.47. The number of ether oxygens (including phenoxy) is 3. The second kappa shape index (κ2) is 21.9. The molecule has 3 aromatic rings. The van der Waals surface area contributed by atoms with Gasteiger partial charge in [-0.15, -0.1) is 0 Å². The fraction of sp³-hybridized carbons (Fsp3) is 0.631. The molecule has 6 atom stereocenters. The van der Waals surface area contributed by atoms with Crippen LogP contribution in [0.4, 0.5) is 0 Å². The van der Waals surface area contributed by atoms with Gasteiger partial charge in [-0.25, -0.2) is 0 Å². The highest BCUT2D eigenvalue weighted by Crippen LogP contribution is 2.56. The number of aromatic hydroxyl groups is 2. The Balaban J connectivity index is 0.000000156. The van der Waals surface area contributed by atoms with Crippen LogP contribution in [0.1, 0.15) is 244 Å². The van der Waals surface area contributed by atoms with Crippen molar-refractivity contribution in [1.29, 1.82) is 0 Å². The first kappa shape index (κ1) is 53.7. The molecule has 2 N–H and O–H groups in total. The van der Waals surface area contributed by atoms with Gasteiger partial charge in [0.2, 0.25) is 0 Å². The number of benzene rings is 3. The standard InChI is InChI=1S/C25H38O.C21H30O2.C19H26O2/c1-7-8-9-10-15-24(3,4)19-12-13-20-21-16-18(2)11-14-22(21)25(5,6)26-23(20)17-19;1-5-6-7-8-15-12-18(22)20-16-11-14(2)9-10-17(16)21(3,4)23-19(20)13-15;1-5-6-13-10-16(20)18-14-9-12(2)7-8-15(14)19(3,4)21-17(18)11-13/h11-13,17,21-22H,7-10,14-16H2,1-6H3;11-13,16-17,22H,5-10H2,1-4H3;9-11,14-15,20H,5-8H2,1-4H3/t21-,22+;16-,17-;14-,15-/m101/s1. The van der Waals surface area contributed by atoms with Crippen molar-refractivity contribution in [3.63, 3.8) is 0 Å². The van der Waals surface area contributed by atoms with Crippen LogP contribution in [-0.4, -0.2) is 27.0 Å². The smallest absolute Gasteiger partial charge is 0.127 e. The van der Waals surface area contributed by atoms with E-state index in [0.717, 1.165) is 79.7 Å². The molecule has 0 fully saturated rings. The Morgan fingerprint density at radius 3 is 1.63 bits per heavy atom.